The fraction of sp³-hybridized carbons (Fsp3) is 0.650. The molecule has 1 aromatic carbocycles. The van der Waals surface area contributed by atoms with E-state index in [1.165, 1.54) is 19.3 Å². The number of rotatable bonds is 4. The maximum absolute atomic E-state index is 12.5. The lowest BCUT2D eigenvalue weighted by atomic mass is 9.83. The van der Waals surface area contributed by atoms with Gasteiger partial charge in [-0.1, -0.05) is 51.3 Å². The Hall–Kier alpha value is -1.71. The van der Waals surface area contributed by atoms with E-state index in [2.05, 4.69) is 30.5 Å². The Morgan fingerprint density at radius 1 is 1.12 bits per heavy atom. The van der Waals surface area contributed by atoms with Gasteiger partial charge in [0.05, 0.1) is 6.04 Å². The van der Waals surface area contributed by atoms with E-state index in [4.69, 9.17) is 4.74 Å². The van der Waals surface area contributed by atoms with Crippen LogP contribution >= 0.6 is 0 Å². The Balaban J connectivity index is 1.72. The molecule has 1 aliphatic carbocycles. The number of urea groups is 1. The van der Waals surface area contributed by atoms with E-state index in [9.17, 15) is 4.79 Å². The lowest BCUT2D eigenvalue weighted by Gasteiger charge is -2.41. The minimum atomic E-state index is -0.183. The molecular weight excluding hydrogens is 300 g/mol. The van der Waals surface area contributed by atoms with Gasteiger partial charge in [-0.25, -0.2) is 4.79 Å². The van der Waals surface area contributed by atoms with Crippen LogP contribution in [0.2, 0.25) is 0 Å². The molecule has 1 aliphatic heterocycles. The number of carbonyl (C=O) groups excluding carboxylic acids is 1. The number of hydrogen-bond acceptors (Lipinski definition) is 2. The van der Waals surface area contributed by atoms with Gasteiger partial charge in [-0.15, -0.1) is 0 Å². The molecule has 132 valence electrons. The second-order valence-corrected chi connectivity index (χ2v) is 7.24. The third-order valence-corrected chi connectivity index (χ3v) is 5.73. The number of fused-ring (bicyclic) bond motifs is 1. The van der Waals surface area contributed by atoms with Crippen LogP contribution in [-0.4, -0.2) is 17.7 Å². The minimum Gasteiger partial charge on any atom is -0.487 e. The summed E-state index contributed by atoms with van der Waals surface area (Å²) < 4.78 is 6.31. The van der Waals surface area contributed by atoms with Gasteiger partial charge in [-0.3, -0.25) is 0 Å². The fourth-order valence-corrected chi connectivity index (χ4v) is 4.06. The first kappa shape index (κ1) is 17.1. The first-order valence-electron chi connectivity index (χ1n) is 9.51. The Morgan fingerprint density at radius 3 is 2.54 bits per heavy atom. The summed E-state index contributed by atoms with van der Waals surface area (Å²) in [5.74, 6) is 0.912. The van der Waals surface area contributed by atoms with Crippen molar-refractivity contribution < 1.29 is 9.53 Å². The largest absolute Gasteiger partial charge is 0.487 e. The van der Waals surface area contributed by atoms with Gasteiger partial charge in [0.25, 0.3) is 0 Å². The highest BCUT2D eigenvalue weighted by Gasteiger charge is 2.39. The maximum atomic E-state index is 12.5. The molecule has 24 heavy (non-hydrogen) atoms. The van der Waals surface area contributed by atoms with Gasteiger partial charge in [0.1, 0.15) is 11.4 Å². The normalized spacial score (nSPS) is 23.0. The van der Waals surface area contributed by atoms with E-state index in [1.54, 1.807) is 0 Å². The summed E-state index contributed by atoms with van der Waals surface area (Å²) in [5, 5.41) is 6.39. The van der Waals surface area contributed by atoms with Crippen molar-refractivity contribution in [2.24, 2.45) is 0 Å². The van der Waals surface area contributed by atoms with E-state index in [0.717, 1.165) is 43.4 Å². The molecule has 1 saturated carbocycles. The zero-order valence-corrected chi connectivity index (χ0v) is 14.9. The van der Waals surface area contributed by atoms with E-state index >= 15 is 0 Å². The number of nitrogens with one attached hydrogen (secondary N) is 2. The number of carbonyl (C=O) groups is 1. The Kier molecular flexibility index (Phi) is 5.32. The van der Waals surface area contributed by atoms with Crippen LogP contribution in [0.4, 0.5) is 4.79 Å². The Bertz CT molecular complexity index is 563. The summed E-state index contributed by atoms with van der Waals surface area (Å²) >= 11 is 0. The molecule has 0 spiro atoms. The second kappa shape index (κ2) is 7.45. The molecule has 1 aromatic rings. The van der Waals surface area contributed by atoms with Crippen molar-refractivity contribution in [1.82, 2.24) is 10.6 Å². The summed E-state index contributed by atoms with van der Waals surface area (Å²) in [7, 11) is 0. The monoisotopic (exact) mass is 330 g/mol. The van der Waals surface area contributed by atoms with Crippen LogP contribution in [0.1, 0.15) is 76.8 Å². The molecule has 2 N–H and O–H groups in total. The molecular formula is C20H30N2O2. The van der Waals surface area contributed by atoms with Crippen molar-refractivity contribution in [1.29, 1.82) is 0 Å². The lowest BCUT2D eigenvalue weighted by Crippen LogP contribution is -2.48. The lowest BCUT2D eigenvalue weighted by molar-refractivity contribution is 0.0244. The van der Waals surface area contributed by atoms with Gasteiger partial charge >= 0.3 is 6.03 Å². The zero-order valence-electron chi connectivity index (χ0n) is 14.9. The van der Waals surface area contributed by atoms with Gasteiger partial charge in [0.15, 0.2) is 0 Å². The smallest absolute Gasteiger partial charge is 0.315 e. The SMILES string of the molecule is CCC1(CC)C[C@@H](NC(=O)NC2CCCCC2)c2ccccc2O1. The van der Waals surface area contributed by atoms with Gasteiger partial charge < -0.3 is 15.4 Å². The predicted molar refractivity (Wildman–Crippen MR) is 96.3 cm³/mol. The highest BCUT2D eigenvalue weighted by Crippen LogP contribution is 2.42. The highest BCUT2D eigenvalue weighted by molar-refractivity contribution is 5.75. The van der Waals surface area contributed by atoms with E-state index in [0.29, 0.717) is 6.04 Å². The number of amides is 2. The molecule has 1 atom stereocenters. The second-order valence-electron chi connectivity index (χ2n) is 7.24. The first-order chi connectivity index (χ1) is 11.7. The molecule has 0 unspecified atom stereocenters. The molecule has 0 bridgehead atoms. The summed E-state index contributed by atoms with van der Waals surface area (Å²) in [6, 6.07) is 8.40. The molecule has 2 aliphatic rings. The van der Waals surface area contributed by atoms with Crippen LogP contribution in [0.3, 0.4) is 0 Å². The number of hydrogen-bond donors (Lipinski definition) is 2. The minimum absolute atomic E-state index is 0.0124. The van der Waals surface area contributed by atoms with E-state index in [-0.39, 0.29) is 17.7 Å². The van der Waals surface area contributed by atoms with Crippen LogP contribution < -0.4 is 15.4 Å². The number of ether oxygens (including phenoxy) is 1. The van der Waals surface area contributed by atoms with Crippen LogP contribution in [0.5, 0.6) is 5.75 Å². The third kappa shape index (κ3) is 3.68. The van der Waals surface area contributed by atoms with Gasteiger partial charge in [-0.05, 0) is 31.7 Å². The van der Waals surface area contributed by atoms with E-state index in [1.807, 2.05) is 18.2 Å². The van der Waals surface area contributed by atoms with Crippen LogP contribution in [-0.2, 0) is 0 Å². The standard InChI is InChI=1S/C20H30N2O2/c1-3-20(4-2)14-17(16-12-8-9-13-18(16)24-20)22-19(23)21-15-10-6-5-7-11-15/h8-9,12-13,15,17H,3-7,10-11,14H2,1-2H3,(H2,21,22,23)/t17-/m1/s1. The third-order valence-electron chi connectivity index (χ3n) is 5.73. The summed E-state index contributed by atoms with van der Waals surface area (Å²) in [6.07, 6.45) is 8.66. The molecule has 4 heteroatoms. The molecule has 2 amide bonds. The van der Waals surface area contributed by atoms with Gasteiger partial charge in [-0.2, -0.15) is 0 Å². The highest BCUT2D eigenvalue weighted by atomic mass is 16.5. The van der Waals surface area contributed by atoms with Crippen molar-refractivity contribution in [2.75, 3.05) is 0 Å². The quantitative estimate of drug-likeness (QED) is 0.840. The average molecular weight is 330 g/mol. The molecule has 0 radical (unpaired) electrons. The Labute approximate surface area is 145 Å². The molecule has 1 fully saturated rings. The van der Waals surface area contributed by atoms with Crippen LogP contribution in [0.25, 0.3) is 0 Å². The molecule has 1 heterocycles. The van der Waals surface area contributed by atoms with Crippen molar-refractivity contribution in [3.63, 3.8) is 0 Å². The van der Waals surface area contributed by atoms with E-state index < -0.39 is 0 Å². The van der Waals surface area contributed by atoms with Crippen molar-refractivity contribution in [2.45, 2.75) is 82.9 Å². The number of benzene rings is 1. The zero-order chi connectivity index (χ0) is 17.0. The first-order valence-corrected chi connectivity index (χ1v) is 9.51. The summed E-state index contributed by atoms with van der Waals surface area (Å²) in [5.41, 5.74) is 0.908. The molecule has 0 aromatic heterocycles. The van der Waals surface area contributed by atoms with Gasteiger partial charge in [0, 0.05) is 18.0 Å². The number of para-hydroxylation sites is 1. The predicted octanol–water partition coefficient (Wildman–Crippen LogP) is 4.70. The van der Waals surface area contributed by atoms with Crippen molar-refractivity contribution in [3.05, 3.63) is 29.8 Å². The maximum Gasteiger partial charge on any atom is 0.315 e. The van der Waals surface area contributed by atoms with Crippen molar-refractivity contribution in [3.8, 4) is 5.75 Å². The fourth-order valence-electron chi connectivity index (χ4n) is 4.06. The van der Waals surface area contributed by atoms with Crippen LogP contribution in [0, 0.1) is 0 Å². The topological polar surface area (TPSA) is 50.4 Å². The van der Waals surface area contributed by atoms with Crippen LogP contribution in [0.15, 0.2) is 24.3 Å². The molecule has 0 saturated heterocycles. The molecule has 4 nitrogen and oxygen atoms in total. The Morgan fingerprint density at radius 2 is 1.83 bits per heavy atom. The average Bonchev–Trinajstić information content (AvgIpc) is 2.62. The summed E-state index contributed by atoms with van der Waals surface area (Å²) in [4.78, 5) is 12.5. The molecule has 3 rings (SSSR count). The summed E-state index contributed by atoms with van der Waals surface area (Å²) in [6.45, 7) is 4.33. The van der Waals surface area contributed by atoms with Gasteiger partial charge in [0.2, 0.25) is 0 Å². The van der Waals surface area contributed by atoms with Crippen molar-refractivity contribution >= 4 is 6.03 Å².